The van der Waals surface area contributed by atoms with Crippen LogP contribution in [0.25, 0.3) is 0 Å². The van der Waals surface area contributed by atoms with Crippen molar-refractivity contribution in [2.75, 3.05) is 19.8 Å². The zero-order valence-corrected chi connectivity index (χ0v) is 15.7. The molecule has 0 aromatic heterocycles. The highest BCUT2D eigenvalue weighted by Crippen LogP contribution is 2.31. The van der Waals surface area contributed by atoms with E-state index < -0.39 is 14.3 Å². The summed E-state index contributed by atoms with van der Waals surface area (Å²) in [6, 6.07) is 0. The van der Waals surface area contributed by atoms with Gasteiger partial charge in [-0.3, -0.25) is 4.79 Å². The van der Waals surface area contributed by atoms with Gasteiger partial charge in [-0.15, -0.1) is 0 Å². The number of hydrogen-bond acceptors (Lipinski definition) is 4. The minimum atomic E-state index is -2.05. The number of ether oxygens (including phenoxy) is 1. The summed E-state index contributed by atoms with van der Waals surface area (Å²) in [6.45, 7) is 11.5. The Balaban J connectivity index is 4.05. The molecule has 5 heteroatoms. The van der Waals surface area contributed by atoms with Crippen molar-refractivity contribution in [1.82, 2.24) is 0 Å². The third kappa shape index (κ3) is 8.59. The van der Waals surface area contributed by atoms with Gasteiger partial charge in [-0.2, -0.15) is 0 Å². The van der Waals surface area contributed by atoms with Crippen molar-refractivity contribution >= 4 is 15.3 Å². The lowest BCUT2D eigenvalue weighted by molar-refractivity contribution is -0.147. The topological polar surface area (TPSA) is 44.8 Å². The molecule has 0 rings (SSSR count). The fourth-order valence-corrected chi connectivity index (χ4v) is 3.91. The Kier molecular flexibility index (Phi) is 12.0. The van der Waals surface area contributed by atoms with Crippen molar-refractivity contribution in [1.29, 1.82) is 0 Å². The maximum Gasteiger partial charge on any atom is 0.338 e. The molecule has 0 heterocycles. The first-order valence-corrected chi connectivity index (χ1v) is 9.93. The van der Waals surface area contributed by atoms with Crippen LogP contribution in [0.15, 0.2) is 0 Å². The van der Waals surface area contributed by atoms with Crippen molar-refractivity contribution in [3.05, 3.63) is 0 Å². The van der Waals surface area contributed by atoms with Gasteiger partial charge in [-0.1, -0.05) is 39.0 Å². The molecule has 0 radical (unpaired) electrons. The molecule has 21 heavy (non-hydrogen) atoms. The Bertz CT molecular complexity index is 263. The lowest BCUT2D eigenvalue weighted by atomic mass is 10.1. The van der Waals surface area contributed by atoms with Gasteiger partial charge in [-0.25, -0.2) is 0 Å². The van der Waals surface area contributed by atoms with Crippen LogP contribution in [-0.4, -0.2) is 35.1 Å². The standard InChI is InChI=1S/C16H34O4Si/c1-6-9-10-11-12-13-14-18-15(17)16(4,5)21(19-7-2)20-8-3/h21H,6-14H2,1-5H3. The summed E-state index contributed by atoms with van der Waals surface area (Å²) in [5.41, 5.74) is 0. The molecule has 0 fully saturated rings. The predicted molar refractivity (Wildman–Crippen MR) is 88.8 cm³/mol. The van der Waals surface area contributed by atoms with E-state index in [4.69, 9.17) is 13.6 Å². The molecular weight excluding hydrogens is 284 g/mol. The van der Waals surface area contributed by atoms with E-state index in [0.29, 0.717) is 19.8 Å². The molecule has 0 N–H and O–H groups in total. The van der Waals surface area contributed by atoms with Crippen molar-refractivity contribution in [2.45, 2.75) is 78.2 Å². The number of esters is 1. The normalized spacial score (nSPS) is 11.9. The molecule has 0 atom stereocenters. The summed E-state index contributed by atoms with van der Waals surface area (Å²) in [7, 11) is -2.05. The lowest BCUT2D eigenvalue weighted by Gasteiger charge is -2.29. The molecule has 0 aliphatic rings. The summed E-state index contributed by atoms with van der Waals surface area (Å²) in [6.07, 6.45) is 7.13. The van der Waals surface area contributed by atoms with Gasteiger partial charge >= 0.3 is 15.3 Å². The number of rotatable bonds is 13. The van der Waals surface area contributed by atoms with Crippen LogP contribution in [-0.2, 0) is 18.4 Å². The number of hydrogen-bond donors (Lipinski definition) is 0. The van der Waals surface area contributed by atoms with E-state index in [-0.39, 0.29) is 5.97 Å². The van der Waals surface area contributed by atoms with Crippen LogP contribution >= 0.6 is 0 Å². The molecule has 0 saturated carbocycles. The van der Waals surface area contributed by atoms with E-state index in [9.17, 15) is 4.79 Å². The third-order valence-electron chi connectivity index (χ3n) is 3.48. The van der Waals surface area contributed by atoms with Gasteiger partial charge in [0.05, 0.1) is 6.61 Å². The average molecular weight is 319 g/mol. The zero-order valence-electron chi connectivity index (χ0n) is 14.6. The molecule has 126 valence electrons. The van der Waals surface area contributed by atoms with E-state index in [0.717, 1.165) is 12.8 Å². The number of carbonyl (C=O) groups excluding carboxylic acids is 1. The van der Waals surface area contributed by atoms with Crippen molar-refractivity contribution in [3.63, 3.8) is 0 Å². The van der Waals surface area contributed by atoms with Crippen LogP contribution in [0, 0.1) is 0 Å². The Morgan fingerprint density at radius 1 is 0.905 bits per heavy atom. The van der Waals surface area contributed by atoms with Gasteiger partial charge in [-0.05, 0) is 34.1 Å². The van der Waals surface area contributed by atoms with Crippen LogP contribution in [0.5, 0.6) is 0 Å². The highest BCUT2D eigenvalue weighted by atomic mass is 28.3. The molecule has 0 aliphatic carbocycles. The predicted octanol–water partition coefficient (Wildman–Crippen LogP) is 3.96. The molecule has 0 aromatic carbocycles. The van der Waals surface area contributed by atoms with Gasteiger partial charge < -0.3 is 13.6 Å². The summed E-state index contributed by atoms with van der Waals surface area (Å²) in [4.78, 5) is 12.2. The molecule has 0 spiro atoms. The first-order valence-electron chi connectivity index (χ1n) is 8.41. The summed E-state index contributed by atoms with van der Waals surface area (Å²) in [5, 5.41) is -0.645. The van der Waals surface area contributed by atoms with Gasteiger partial charge in [0, 0.05) is 13.2 Å². The minimum Gasteiger partial charge on any atom is -0.465 e. The maximum absolute atomic E-state index is 12.2. The molecular formula is C16H34O4Si. The van der Waals surface area contributed by atoms with Gasteiger partial charge in [0.1, 0.15) is 5.04 Å². The molecule has 4 nitrogen and oxygen atoms in total. The maximum atomic E-state index is 12.2. The van der Waals surface area contributed by atoms with Crippen LogP contribution in [0.2, 0.25) is 5.04 Å². The summed E-state index contributed by atoms with van der Waals surface area (Å²) >= 11 is 0. The van der Waals surface area contributed by atoms with Gasteiger partial charge in [0.2, 0.25) is 0 Å². The van der Waals surface area contributed by atoms with E-state index in [1.807, 2.05) is 27.7 Å². The molecule has 0 bridgehead atoms. The Labute approximate surface area is 132 Å². The fourth-order valence-electron chi connectivity index (χ4n) is 2.10. The van der Waals surface area contributed by atoms with Gasteiger partial charge in [0.25, 0.3) is 0 Å². The molecule has 0 unspecified atom stereocenters. The summed E-state index contributed by atoms with van der Waals surface area (Å²) < 4.78 is 16.7. The highest BCUT2D eigenvalue weighted by Gasteiger charge is 2.42. The van der Waals surface area contributed by atoms with E-state index in [2.05, 4.69) is 6.92 Å². The second kappa shape index (κ2) is 12.2. The van der Waals surface area contributed by atoms with Crippen molar-refractivity contribution < 1.29 is 18.4 Å². The Morgan fingerprint density at radius 2 is 1.43 bits per heavy atom. The zero-order chi connectivity index (χ0) is 16.1. The van der Waals surface area contributed by atoms with Crippen molar-refractivity contribution in [3.8, 4) is 0 Å². The first-order chi connectivity index (χ1) is 10.0. The quantitative estimate of drug-likeness (QED) is 0.293. The SMILES string of the molecule is CCCCCCCCOC(=O)C(C)(C)[SiH](OCC)OCC. The van der Waals surface area contributed by atoms with E-state index in [1.54, 1.807) is 0 Å². The first kappa shape index (κ1) is 20.6. The molecule has 0 aromatic rings. The van der Waals surface area contributed by atoms with Gasteiger partial charge in [0.15, 0.2) is 0 Å². The minimum absolute atomic E-state index is 0.186. The Morgan fingerprint density at radius 3 is 1.95 bits per heavy atom. The lowest BCUT2D eigenvalue weighted by Crippen LogP contribution is -2.41. The average Bonchev–Trinajstić information content (AvgIpc) is 2.45. The van der Waals surface area contributed by atoms with Crippen LogP contribution in [0.3, 0.4) is 0 Å². The largest absolute Gasteiger partial charge is 0.465 e. The van der Waals surface area contributed by atoms with E-state index in [1.165, 1.54) is 25.7 Å². The monoisotopic (exact) mass is 318 g/mol. The number of unbranched alkanes of at least 4 members (excludes halogenated alkanes) is 5. The third-order valence-corrected chi connectivity index (χ3v) is 6.17. The molecule has 0 saturated heterocycles. The highest BCUT2D eigenvalue weighted by molar-refractivity contribution is 6.54. The van der Waals surface area contributed by atoms with Crippen LogP contribution in [0.1, 0.15) is 73.1 Å². The molecule has 0 amide bonds. The second-order valence-corrected chi connectivity index (χ2v) is 8.64. The van der Waals surface area contributed by atoms with Crippen LogP contribution < -0.4 is 0 Å². The number of carbonyl (C=O) groups is 1. The molecule has 0 aliphatic heterocycles. The fraction of sp³-hybridized carbons (Fsp3) is 0.938. The van der Waals surface area contributed by atoms with Crippen molar-refractivity contribution in [2.24, 2.45) is 0 Å². The summed E-state index contributed by atoms with van der Waals surface area (Å²) in [5.74, 6) is -0.186. The van der Waals surface area contributed by atoms with E-state index >= 15 is 0 Å². The van der Waals surface area contributed by atoms with Crippen LogP contribution in [0.4, 0.5) is 0 Å². The Hall–Kier alpha value is -0.393. The second-order valence-electron chi connectivity index (χ2n) is 5.87. The smallest absolute Gasteiger partial charge is 0.338 e.